The summed E-state index contributed by atoms with van der Waals surface area (Å²) in [5.74, 6) is 0. The first kappa shape index (κ1) is 14.9. The summed E-state index contributed by atoms with van der Waals surface area (Å²) in [5.41, 5.74) is 1.06. The number of ether oxygens (including phenoxy) is 1. The third-order valence-corrected chi connectivity index (χ3v) is 4.79. The topological polar surface area (TPSA) is 34.1 Å². The van der Waals surface area contributed by atoms with Crippen LogP contribution in [0.2, 0.25) is 0 Å². The smallest absolute Gasteiger partial charge is 0.125 e. The summed E-state index contributed by atoms with van der Waals surface area (Å²) in [6, 6.07) is 0.501. The molecule has 0 aliphatic heterocycles. The van der Waals surface area contributed by atoms with Gasteiger partial charge in [0, 0.05) is 24.6 Å². The van der Waals surface area contributed by atoms with Crippen LogP contribution in [0.3, 0.4) is 0 Å². The van der Waals surface area contributed by atoms with E-state index in [9.17, 15) is 0 Å². The van der Waals surface area contributed by atoms with Crippen LogP contribution in [0.4, 0.5) is 0 Å². The van der Waals surface area contributed by atoms with Gasteiger partial charge in [-0.05, 0) is 19.8 Å². The minimum Gasteiger partial charge on any atom is -0.368 e. The lowest BCUT2D eigenvalue weighted by Crippen LogP contribution is -2.32. The molecule has 1 aromatic rings. The van der Waals surface area contributed by atoms with E-state index in [0.29, 0.717) is 6.04 Å². The summed E-state index contributed by atoms with van der Waals surface area (Å²) in [6.07, 6.45) is 6.12. The van der Waals surface area contributed by atoms with Crippen molar-refractivity contribution < 1.29 is 4.74 Å². The van der Waals surface area contributed by atoms with Crippen molar-refractivity contribution in [2.75, 3.05) is 6.61 Å². The molecule has 1 N–H and O–H groups in total. The number of hydrogen-bond donors (Lipinski definition) is 1. The van der Waals surface area contributed by atoms with Crippen LogP contribution < -0.4 is 5.32 Å². The fourth-order valence-electron chi connectivity index (χ4n) is 2.73. The minimum absolute atomic E-state index is 0.0895. The van der Waals surface area contributed by atoms with Crippen molar-refractivity contribution in [3.05, 3.63) is 16.1 Å². The Kier molecular flexibility index (Phi) is 5.37. The van der Waals surface area contributed by atoms with Crippen molar-refractivity contribution in [3.8, 4) is 0 Å². The van der Waals surface area contributed by atoms with Gasteiger partial charge in [0.25, 0.3) is 0 Å². The Hall–Kier alpha value is -0.450. The Morgan fingerprint density at radius 3 is 2.74 bits per heavy atom. The van der Waals surface area contributed by atoms with Crippen molar-refractivity contribution in [2.45, 2.75) is 71.1 Å². The van der Waals surface area contributed by atoms with Crippen LogP contribution in [0.15, 0.2) is 5.38 Å². The van der Waals surface area contributed by atoms with Gasteiger partial charge in [-0.25, -0.2) is 4.98 Å². The highest BCUT2D eigenvalue weighted by Crippen LogP contribution is 2.41. The van der Waals surface area contributed by atoms with Crippen molar-refractivity contribution >= 4 is 11.3 Å². The highest BCUT2D eigenvalue weighted by Gasteiger charge is 2.37. The maximum atomic E-state index is 6.12. The number of aromatic nitrogens is 1. The molecule has 4 heteroatoms. The molecule has 1 saturated carbocycles. The fraction of sp³-hybridized carbons (Fsp3) is 0.800. The molecule has 108 valence electrons. The van der Waals surface area contributed by atoms with E-state index in [1.54, 1.807) is 11.3 Å². The van der Waals surface area contributed by atoms with E-state index < -0.39 is 0 Å². The summed E-state index contributed by atoms with van der Waals surface area (Å²) in [6.45, 7) is 8.05. The lowest BCUT2D eigenvalue weighted by Gasteiger charge is -2.35. The molecule has 0 amide bonds. The quantitative estimate of drug-likeness (QED) is 0.861. The van der Waals surface area contributed by atoms with E-state index in [1.165, 1.54) is 24.3 Å². The lowest BCUT2D eigenvalue weighted by atomic mass is 9.85. The Morgan fingerprint density at radius 2 is 2.11 bits per heavy atom. The molecule has 0 unspecified atom stereocenters. The second kappa shape index (κ2) is 6.82. The predicted molar refractivity (Wildman–Crippen MR) is 80.5 cm³/mol. The highest BCUT2D eigenvalue weighted by molar-refractivity contribution is 7.09. The monoisotopic (exact) mass is 282 g/mol. The Bertz CT molecular complexity index is 378. The van der Waals surface area contributed by atoms with Gasteiger partial charge in [-0.1, -0.05) is 33.1 Å². The molecule has 1 aliphatic carbocycles. The van der Waals surface area contributed by atoms with Gasteiger partial charge in [0.15, 0.2) is 0 Å². The van der Waals surface area contributed by atoms with Crippen molar-refractivity contribution in [3.63, 3.8) is 0 Å². The second-order valence-electron chi connectivity index (χ2n) is 5.67. The molecule has 2 rings (SSSR count). The van der Waals surface area contributed by atoms with Crippen LogP contribution in [0.25, 0.3) is 0 Å². The first-order valence-electron chi connectivity index (χ1n) is 7.48. The zero-order valence-corrected chi connectivity index (χ0v) is 13.2. The molecule has 1 heterocycles. The number of nitrogens with zero attached hydrogens (tertiary/aromatic N) is 1. The van der Waals surface area contributed by atoms with E-state index >= 15 is 0 Å². The lowest BCUT2D eigenvalue weighted by molar-refractivity contribution is -0.0705. The van der Waals surface area contributed by atoms with E-state index in [0.717, 1.165) is 31.7 Å². The normalized spacial score (nSPS) is 18.9. The van der Waals surface area contributed by atoms with Gasteiger partial charge < -0.3 is 10.1 Å². The van der Waals surface area contributed by atoms with Gasteiger partial charge in [-0.15, -0.1) is 11.3 Å². The van der Waals surface area contributed by atoms with Crippen LogP contribution >= 0.6 is 11.3 Å². The van der Waals surface area contributed by atoms with Gasteiger partial charge in [-0.3, -0.25) is 0 Å². The van der Waals surface area contributed by atoms with Gasteiger partial charge >= 0.3 is 0 Å². The standard InChI is InChI=1S/C15H26N2OS/c1-4-18-15(8-6-5-7-9-15)14-17-13(11-19-14)10-16-12(2)3/h11-12,16H,4-10H2,1-3H3. The molecule has 0 saturated heterocycles. The van der Waals surface area contributed by atoms with Crippen LogP contribution in [0, 0.1) is 0 Å². The third-order valence-electron chi connectivity index (χ3n) is 3.71. The van der Waals surface area contributed by atoms with Crippen LogP contribution in [-0.4, -0.2) is 17.6 Å². The summed E-state index contributed by atoms with van der Waals surface area (Å²) in [4.78, 5) is 4.83. The zero-order chi connectivity index (χ0) is 13.7. The molecular weight excluding hydrogens is 256 g/mol. The molecule has 0 bridgehead atoms. The van der Waals surface area contributed by atoms with E-state index in [1.807, 2.05) is 0 Å². The van der Waals surface area contributed by atoms with Crippen LogP contribution in [0.1, 0.15) is 63.6 Å². The zero-order valence-electron chi connectivity index (χ0n) is 12.4. The Morgan fingerprint density at radius 1 is 1.37 bits per heavy atom. The molecule has 0 radical (unpaired) electrons. The third kappa shape index (κ3) is 3.77. The molecule has 0 aromatic carbocycles. The van der Waals surface area contributed by atoms with Crippen molar-refractivity contribution in [2.24, 2.45) is 0 Å². The first-order chi connectivity index (χ1) is 9.16. The minimum atomic E-state index is -0.0895. The number of rotatable bonds is 6. The summed E-state index contributed by atoms with van der Waals surface area (Å²) < 4.78 is 6.12. The van der Waals surface area contributed by atoms with Crippen molar-refractivity contribution in [1.29, 1.82) is 0 Å². The summed E-state index contributed by atoms with van der Waals surface area (Å²) in [5, 5.41) is 6.80. The van der Waals surface area contributed by atoms with Crippen LogP contribution in [0.5, 0.6) is 0 Å². The molecule has 1 aromatic heterocycles. The van der Waals surface area contributed by atoms with Crippen LogP contribution in [-0.2, 0) is 16.9 Å². The predicted octanol–water partition coefficient (Wildman–Crippen LogP) is 3.84. The average Bonchev–Trinajstić information content (AvgIpc) is 2.87. The molecule has 1 aliphatic rings. The van der Waals surface area contributed by atoms with Gasteiger partial charge in [0.2, 0.25) is 0 Å². The molecule has 3 nitrogen and oxygen atoms in total. The molecule has 0 spiro atoms. The molecule has 0 atom stereocenters. The maximum Gasteiger partial charge on any atom is 0.125 e. The Labute approximate surface area is 120 Å². The van der Waals surface area contributed by atoms with E-state index in [-0.39, 0.29) is 5.60 Å². The fourth-order valence-corrected chi connectivity index (χ4v) is 3.76. The average molecular weight is 282 g/mol. The number of thiazole rings is 1. The highest BCUT2D eigenvalue weighted by atomic mass is 32.1. The van der Waals surface area contributed by atoms with Crippen molar-refractivity contribution in [1.82, 2.24) is 10.3 Å². The summed E-state index contributed by atoms with van der Waals surface area (Å²) >= 11 is 1.77. The van der Waals surface area contributed by atoms with Gasteiger partial charge in [0.1, 0.15) is 10.6 Å². The van der Waals surface area contributed by atoms with Gasteiger partial charge in [0.05, 0.1) is 5.69 Å². The molecular formula is C15H26N2OS. The number of hydrogen-bond acceptors (Lipinski definition) is 4. The Balaban J connectivity index is 2.09. The first-order valence-corrected chi connectivity index (χ1v) is 8.36. The van der Waals surface area contributed by atoms with E-state index in [4.69, 9.17) is 9.72 Å². The molecule has 1 fully saturated rings. The van der Waals surface area contributed by atoms with E-state index in [2.05, 4.69) is 31.5 Å². The largest absolute Gasteiger partial charge is 0.368 e. The summed E-state index contributed by atoms with van der Waals surface area (Å²) in [7, 11) is 0. The SMILES string of the molecule is CCOC1(c2nc(CNC(C)C)cs2)CCCCC1. The number of nitrogens with one attached hydrogen (secondary N) is 1. The maximum absolute atomic E-state index is 6.12. The second-order valence-corrected chi connectivity index (χ2v) is 6.53. The molecule has 19 heavy (non-hydrogen) atoms. The van der Waals surface area contributed by atoms with Gasteiger partial charge in [-0.2, -0.15) is 0 Å².